The van der Waals surface area contributed by atoms with Crippen LogP contribution in [0.1, 0.15) is 15.9 Å². The number of rotatable bonds is 3. The van der Waals surface area contributed by atoms with Gasteiger partial charge in [0.25, 0.3) is 5.91 Å². The van der Waals surface area contributed by atoms with Gasteiger partial charge in [-0.15, -0.1) is 0 Å². The molecule has 0 aliphatic carbocycles. The standard InChI is InChI=1S/C17H10Cl2N2O3S/c18-11-5-4-9(13(19)8-11)7-14-15(22)21-17(25-14)20-12-3-1-2-10(6-12)16(23)24/h1-8H,(H,23,24)(H,20,21,22)/b14-7-. The highest BCUT2D eigenvalue weighted by atomic mass is 35.5. The molecule has 2 N–H and O–H groups in total. The quantitative estimate of drug-likeness (QED) is 0.748. The number of amidine groups is 1. The van der Waals surface area contributed by atoms with E-state index in [0.717, 1.165) is 11.8 Å². The monoisotopic (exact) mass is 392 g/mol. The summed E-state index contributed by atoms with van der Waals surface area (Å²) >= 11 is 13.1. The van der Waals surface area contributed by atoms with E-state index in [1.54, 1.807) is 36.4 Å². The zero-order chi connectivity index (χ0) is 18.0. The molecule has 1 saturated heterocycles. The van der Waals surface area contributed by atoms with Crippen LogP contribution in [0.5, 0.6) is 0 Å². The van der Waals surface area contributed by atoms with Crippen LogP contribution >= 0.6 is 35.0 Å². The van der Waals surface area contributed by atoms with Gasteiger partial charge in [-0.1, -0.05) is 35.3 Å². The third-order valence-corrected chi connectivity index (χ3v) is 4.70. The van der Waals surface area contributed by atoms with E-state index in [1.807, 2.05) is 0 Å². The van der Waals surface area contributed by atoms with E-state index in [9.17, 15) is 9.59 Å². The highest BCUT2D eigenvalue weighted by Gasteiger charge is 2.24. The second-order valence-corrected chi connectivity index (χ2v) is 6.88. The molecule has 1 fully saturated rings. The first-order chi connectivity index (χ1) is 11.9. The van der Waals surface area contributed by atoms with Gasteiger partial charge in [0.15, 0.2) is 5.17 Å². The third kappa shape index (κ3) is 4.22. The predicted molar refractivity (Wildman–Crippen MR) is 101 cm³/mol. The maximum absolute atomic E-state index is 12.1. The SMILES string of the molecule is O=C1NC(=Nc2cccc(C(=O)O)c2)S/C1=C\c1ccc(Cl)cc1Cl. The van der Waals surface area contributed by atoms with Gasteiger partial charge < -0.3 is 10.4 Å². The van der Waals surface area contributed by atoms with Crippen LogP contribution in [0.2, 0.25) is 10.0 Å². The van der Waals surface area contributed by atoms with Crippen LogP contribution in [-0.4, -0.2) is 22.2 Å². The summed E-state index contributed by atoms with van der Waals surface area (Å²) in [6, 6.07) is 11.2. The Morgan fingerprint density at radius 3 is 2.72 bits per heavy atom. The van der Waals surface area contributed by atoms with Crippen LogP contribution in [0, 0.1) is 0 Å². The van der Waals surface area contributed by atoms with Gasteiger partial charge in [0, 0.05) is 10.0 Å². The molecule has 2 aromatic rings. The number of aromatic carboxylic acids is 1. The van der Waals surface area contributed by atoms with Gasteiger partial charge in [0.2, 0.25) is 0 Å². The molecule has 1 amide bonds. The number of carboxylic acid groups (broad SMARTS) is 1. The number of halogens is 2. The zero-order valence-corrected chi connectivity index (χ0v) is 14.8. The fourth-order valence-electron chi connectivity index (χ4n) is 2.07. The second kappa shape index (κ2) is 7.31. The number of thioether (sulfide) groups is 1. The van der Waals surface area contributed by atoms with Crippen molar-refractivity contribution in [2.45, 2.75) is 0 Å². The molecule has 1 aliphatic heterocycles. The Morgan fingerprint density at radius 1 is 1.20 bits per heavy atom. The molecule has 2 aromatic carbocycles. The normalized spacial score (nSPS) is 17.1. The molecule has 0 saturated carbocycles. The van der Waals surface area contributed by atoms with Crippen LogP contribution in [-0.2, 0) is 4.79 Å². The summed E-state index contributed by atoms with van der Waals surface area (Å²) in [6.45, 7) is 0. The molecule has 8 heteroatoms. The van der Waals surface area contributed by atoms with E-state index in [1.165, 1.54) is 12.1 Å². The Kier molecular flexibility index (Phi) is 5.13. The van der Waals surface area contributed by atoms with Crippen LogP contribution in [0.25, 0.3) is 6.08 Å². The van der Waals surface area contributed by atoms with Crippen molar-refractivity contribution in [1.29, 1.82) is 0 Å². The van der Waals surface area contributed by atoms with Crippen LogP contribution in [0.4, 0.5) is 5.69 Å². The maximum Gasteiger partial charge on any atom is 0.335 e. The first-order valence-corrected chi connectivity index (χ1v) is 8.57. The minimum absolute atomic E-state index is 0.125. The Bertz CT molecular complexity index is 941. The van der Waals surface area contributed by atoms with Crippen LogP contribution < -0.4 is 5.32 Å². The number of amides is 1. The minimum atomic E-state index is -1.04. The highest BCUT2D eigenvalue weighted by Crippen LogP contribution is 2.30. The number of carbonyl (C=O) groups excluding carboxylic acids is 1. The van der Waals surface area contributed by atoms with E-state index in [-0.39, 0.29) is 11.5 Å². The molecule has 0 spiro atoms. The van der Waals surface area contributed by atoms with Gasteiger partial charge in [-0.2, -0.15) is 0 Å². The molecule has 0 aromatic heterocycles. The second-order valence-electron chi connectivity index (χ2n) is 5.00. The van der Waals surface area contributed by atoms with Crippen molar-refractivity contribution in [1.82, 2.24) is 5.32 Å². The van der Waals surface area contributed by atoms with Gasteiger partial charge in [0.05, 0.1) is 16.2 Å². The first kappa shape index (κ1) is 17.5. The Labute approximate surface area is 157 Å². The summed E-state index contributed by atoms with van der Waals surface area (Å²) in [5.74, 6) is -1.34. The van der Waals surface area contributed by atoms with E-state index < -0.39 is 5.97 Å². The molecule has 0 atom stereocenters. The van der Waals surface area contributed by atoms with Gasteiger partial charge in [-0.3, -0.25) is 4.79 Å². The lowest BCUT2D eigenvalue weighted by molar-refractivity contribution is -0.115. The molecule has 25 heavy (non-hydrogen) atoms. The Balaban J connectivity index is 1.86. The number of hydrogen-bond acceptors (Lipinski definition) is 4. The van der Waals surface area contributed by atoms with E-state index in [2.05, 4.69) is 10.3 Å². The predicted octanol–water partition coefficient (Wildman–Crippen LogP) is 4.58. The molecular formula is C17H10Cl2N2O3S. The number of nitrogens with one attached hydrogen (secondary N) is 1. The van der Waals surface area contributed by atoms with E-state index >= 15 is 0 Å². The molecule has 3 rings (SSSR count). The highest BCUT2D eigenvalue weighted by molar-refractivity contribution is 8.18. The fourth-order valence-corrected chi connectivity index (χ4v) is 3.36. The van der Waals surface area contributed by atoms with Crippen molar-refractivity contribution in [2.75, 3.05) is 0 Å². The summed E-state index contributed by atoms with van der Waals surface area (Å²) in [6.07, 6.45) is 1.65. The summed E-state index contributed by atoms with van der Waals surface area (Å²) in [5.41, 5.74) is 1.23. The van der Waals surface area contributed by atoms with Crippen molar-refractivity contribution in [3.63, 3.8) is 0 Å². The molecule has 5 nitrogen and oxygen atoms in total. The number of carboxylic acids is 1. The summed E-state index contributed by atoms with van der Waals surface area (Å²) in [5, 5.41) is 13.0. The van der Waals surface area contributed by atoms with Crippen molar-refractivity contribution in [2.24, 2.45) is 4.99 Å². The van der Waals surface area contributed by atoms with Gasteiger partial charge >= 0.3 is 5.97 Å². The van der Waals surface area contributed by atoms with E-state index in [4.69, 9.17) is 28.3 Å². The average Bonchev–Trinajstić information content (AvgIpc) is 2.89. The molecule has 0 radical (unpaired) electrons. The van der Waals surface area contributed by atoms with Gasteiger partial charge in [-0.05, 0) is 53.7 Å². The third-order valence-electron chi connectivity index (χ3n) is 3.22. The summed E-state index contributed by atoms with van der Waals surface area (Å²) in [7, 11) is 0. The maximum atomic E-state index is 12.1. The van der Waals surface area contributed by atoms with E-state index in [0.29, 0.717) is 31.4 Å². The number of hydrogen-bond donors (Lipinski definition) is 2. The van der Waals surface area contributed by atoms with Crippen molar-refractivity contribution >= 4 is 63.8 Å². The fraction of sp³-hybridized carbons (Fsp3) is 0. The first-order valence-electron chi connectivity index (χ1n) is 7.00. The average molecular weight is 393 g/mol. The number of carbonyl (C=O) groups is 2. The topological polar surface area (TPSA) is 78.8 Å². The number of nitrogens with zero attached hydrogens (tertiary/aromatic N) is 1. The lowest BCUT2D eigenvalue weighted by Gasteiger charge is -1.99. The number of benzene rings is 2. The lowest BCUT2D eigenvalue weighted by atomic mass is 10.2. The molecule has 0 bridgehead atoms. The smallest absolute Gasteiger partial charge is 0.335 e. The lowest BCUT2D eigenvalue weighted by Crippen LogP contribution is -2.19. The van der Waals surface area contributed by atoms with Gasteiger partial charge in [-0.25, -0.2) is 9.79 Å². The van der Waals surface area contributed by atoms with Crippen LogP contribution in [0.15, 0.2) is 52.4 Å². The van der Waals surface area contributed by atoms with Crippen molar-refractivity contribution in [3.05, 3.63) is 68.5 Å². The minimum Gasteiger partial charge on any atom is -0.478 e. The van der Waals surface area contributed by atoms with Crippen molar-refractivity contribution in [3.8, 4) is 0 Å². The summed E-state index contributed by atoms with van der Waals surface area (Å²) in [4.78, 5) is 27.8. The number of aliphatic imine (C=N–C) groups is 1. The molecule has 0 unspecified atom stereocenters. The van der Waals surface area contributed by atoms with Gasteiger partial charge in [0.1, 0.15) is 0 Å². The van der Waals surface area contributed by atoms with Crippen LogP contribution in [0.3, 0.4) is 0 Å². The van der Waals surface area contributed by atoms with Crippen molar-refractivity contribution < 1.29 is 14.7 Å². The molecular weight excluding hydrogens is 383 g/mol. The summed E-state index contributed by atoms with van der Waals surface area (Å²) < 4.78 is 0. The largest absolute Gasteiger partial charge is 0.478 e. The Morgan fingerprint density at radius 2 is 2.00 bits per heavy atom. The zero-order valence-electron chi connectivity index (χ0n) is 12.5. The molecule has 1 aliphatic rings. The molecule has 126 valence electrons. The Hall–Kier alpha value is -2.28. The molecule has 1 heterocycles.